The second-order valence-corrected chi connectivity index (χ2v) is 8.07. The number of guanidine groups is 1. The molecule has 6 heteroatoms. The Labute approximate surface area is 163 Å². The molecular weight excluding hydrogens is 421 g/mol. The van der Waals surface area contributed by atoms with Crippen LogP contribution in [0, 0.1) is 5.41 Å². The molecular formula is C17H34IN3OS. The van der Waals surface area contributed by atoms with Gasteiger partial charge in [0.05, 0.1) is 0 Å². The van der Waals surface area contributed by atoms with Gasteiger partial charge in [-0.1, -0.05) is 12.8 Å². The summed E-state index contributed by atoms with van der Waals surface area (Å²) in [6, 6.07) is 0. The molecule has 2 N–H and O–H groups in total. The molecule has 0 amide bonds. The maximum atomic E-state index is 5.32. The van der Waals surface area contributed by atoms with Gasteiger partial charge in [0.25, 0.3) is 0 Å². The van der Waals surface area contributed by atoms with Crippen molar-refractivity contribution < 1.29 is 4.74 Å². The highest BCUT2D eigenvalue weighted by atomic mass is 127. The van der Waals surface area contributed by atoms with Crippen LogP contribution in [0.1, 0.15) is 51.9 Å². The predicted octanol–water partition coefficient (Wildman–Crippen LogP) is 3.65. The number of hydrogen-bond donors (Lipinski definition) is 2. The highest BCUT2D eigenvalue weighted by Crippen LogP contribution is 2.41. The number of rotatable bonds is 8. The van der Waals surface area contributed by atoms with E-state index >= 15 is 0 Å². The van der Waals surface area contributed by atoms with Gasteiger partial charge in [-0.15, -0.1) is 24.0 Å². The van der Waals surface area contributed by atoms with Crippen molar-refractivity contribution in [2.45, 2.75) is 57.1 Å². The minimum Gasteiger partial charge on any atom is -0.385 e. The quantitative estimate of drug-likeness (QED) is 0.333. The number of methoxy groups -OCH3 is 1. The van der Waals surface area contributed by atoms with Crippen LogP contribution in [-0.2, 0) is 4.74 Å². The Hall–Kier alpha value is 0.310. The maximum Gasteiger partial charge on any atom is 0.191 e. The average molecular weight is 455 g/mol. The van der Waals surface area contributed by atoms with Crippen molar-refractivity contribution in [3.63, 3.8) is 0 Å². The standard InChI is InChI=1S/C17H33N3OS.HI/c1-3-18-16(19-13-15-7-6-12-22-15)20-14-17(10-11-21-2)8-4-5-9-17;/h15H,3-14H2,1-2H3,(H2,18,19,20);1H. The topological polar surface area (TPSA) is 45.7 Å². The second kappa shape index (κ2) is 11.8. The van der Waals surface area contributed by atoms with E-state index in [1.54, 1.807) is 7.11 Å². The molecule has 0 aromatic rings. The second-order valence-electron chi connectivity index (χ2n) is 6.66. The van der Waals surface area contributed by atoms with E-state index in [0.29, 0.717) is 5.41 Å². The van der Waals surface area contributed by atoms with Gasteiger partial charge in [0.2, 0.25) is 0 Å². The van der Waals surface area contributed by atoms with Gasteiger partial charge in [-0.2, -0.15) is 11.8 Å². The molecule has 23 heavy (non-hydrogen) atoms. The van der Waals surface area contributed by atoms with Gasteiger partial charge in [-0.3, -0.25) is 4.99 Å². The summed E-state index contributed by atoms with van der Waals surface area (Å²) in [5.74, 6) is 2.32. The average Bonchev–Trinajstić information content (AvgIpc) is 3.20. The molecule has 2 rings (SSSR count). The molecule has 1 saturated heterocycles. The summed E-state index contributed by atoms with van der Waals surface area (Å²) in [5.41, 5.74) is 0.375. The van der Waals surface area contributed by atoms with Crippen LogP contribution in [0.15, 0.2) is 4.99 Å². The van der Waals surface area contributed by atoms with E-state index in [9.17, 15) is 0 Å². The summed E-state index contributed by atoms with van der Waals surface area (Å²) in [6.45, 7) is 5.90. The summed E-state index contributed by atoms with van der Waals surface area (Å²) in [7, 11) is 1.80. The molecule has 1 atom stereocenters. The molecule has 2 fully saturated rings. The first-order valence-corrected chi connectivity index (χ1v) is 9.95. The number of nitrogens with one attached hydrogen (secondary N) is 2. The summed E-state index contributed by atoms with van der Waals surface area (Å²) < 4.78 is 5.32. The molecule has 2 aliphatic rings. The highest BCUT2D eigenvalue weighted by molar-refractivity contribution is 14.0. The predicted molar refractivity (Wildman–Crippen MR) is 112 cm³/mol. The van der Waals surface area contributed by atoms with Gasteiger partial charge >= 0.3 is 0 Å². The van der Waals surface area contributed by atoms with Crippen molar-refractivity contribution in [3.8, 4) is 0 Å². The number of nitrogens with zero attached hydrogens (tertiary/aromatic N) is 1. The van der Waals surface area contributed by atoms with Crippen LogP contribution in [0.2, 0.25) is 0 Å². The van der Waals surface area contributed by atoms with E-state index in [4.69, 9.17) is 9.73 Å². The zero-order chi connectivity index (χ0) is 15.7. The first-order valence-electron chi connectivity index (χ1n) is 8.91. The van der Waals surface area contributed by atoms with Gasteiger partial charge in [0.1, 0.15) is 0 Å². The molecule has 136 valence electrons. The molecule has 0 aromatic heterocycles. The van der Waals surface area contributed by atoms with Crippen LogP contribution in [0.25, 0.3) is 0 Å². The van der Waals surface area contributed by atoms with E-state index in [-0.39, 0.29) is 24.0 Å². The Morgan fingerprint density at radius 3 is 2.65 bits per heavy atom. The number of thioether (sulfide) groups is 1. The van der Waals surface area contributed by atoms with Gasteiger partial charge in [0, 0.05) is 38.6 Å². The van der Waals surface area contributed by atoms with Crippen molar-refractivity contribution >= 4 is 41.7 Å². The van der Waals surface area contributed by atoms with Crippen molar-refractivity contribution in [2.75, 3.05) is 39.1 Å². The van der Waals surface area contributed by atoms with E-state index in [2.05, 4.69) is 29.3 Å². The zero-order valence-corrected chi connectivity index (χ0v) is 17.9. The van der Waals surface area contributed by atoms with E-state index < -0.39 is 0 Å². The van der Waals surface area contributed by atoms with Crippen LogP contribution < -0.4 is 10.6 Å². The molecule has 1 saturated carbocycles. The number of hydrogen-bond acceptors (Lipinski definition) is 3. The van der Waals surface area contributed by atoms with Crippen molar-refractivity contribution in [1.82, 2.24) is 10.6 Å². The van der Waals surface area contributed by atoms with Gasteiger partial charge in [-0.05, 0) is 50.2 Å². The SMILES string of the molecule is CCNC(=NCC1(CCOC)CCCC1)NCC1CCCS1.I. The lowest BCUT2D eigenvalue weighted by Gasteiger charge is -2.27. The molecule has 1 aliphatic carbocycles. The van der Waals surface area contributed by atoms with Crippen LogP contribution in [-0.4, -0.2) is 50.3 Å². The number of halogens is 1. The van der Waals surface area contributed by atoms with Crippen LogP contribution in [0.4, 0.5) is 0 Å². The molecule has 0 spiro atoms. The molecule has 0 aromatic carbocycles. The third-order valence-electron chi connectivity index (χ3n) is 4.94. The van der Waals surface area contributed by atoms with Crippen LogP contribution >= 0.6 is 35.7 Å². The first kappa shape index (κ1) is 21.4. The third-order valence-corrected chi connectivity index (χ3v) is 6.34. The summed E-state index contributed by atoms with van der Waals surface area (Å²) in [4.78, 5) is 4.91. The zero-order valence-electron chi connectivity index (χ0n) is 14.7. The van der Waals surface area contributed by atoms with E-state index in [1.807, 2.05) is 0 Å². The monoisotopic (exact) mass is 455 g/mol. The first-order chi connectivity index (χ1) is 10.8. The lowest BCUT2D eigenvalue weighted by atomic mass is 9.83. The fourth-order valence-corrected chi connectivity index (χ4v) is 4.74. The Morgan fingerprint density at radius 1 is 1.26 bits per heavy atom. The molecule has 1 unspecified atom stereocenters. The minimum atomic E-state index is 0. The molecule has 1 aliphatic heterocycles. The Morgan fingerprint density at radius 2 is 2.04 bits per heavy atom. The van der Waals surface area contributed by atoms with Crippen molar-refractivity contribution in [3.05, 3.63) is 0 Å². The third kappa shape index (κ3) is 7.38. The van der Waals surface area contributed by atoms with Crippen LogP contribution in [0.5, 0.6) is 0 Å². The molecule has 0 bridgehead atoms. The van der Waals surface area contributed by atoms with Gasteiger partial charge in [-0.25, -0.2) is 0 Å². The normalized spacial score (nSPS) is 23.6. The fraction of sp³-hybridized carbons (Fsp3) is 0.941. The largest absolute Gasteiger partial charge is 0.385 e. The Balaban J connectivity index is 0.00000264. The summed E-state index contributed by atoms with van der Waals surface area (Å²) in [5, 5.41) is 7.71. The lowest BCUT2D eigenvalue weighted by Crippen LogP contribution is -2.41. The Bertz CT molecular complexity index is 343. The lowest BCUT2D eigenvalue weighted by molar-refractivity contribution is 0.141. The number of aliphatic imine (C=N–C) groups is 1. The molecule has 1 heterocycles. The smallest absolute Gasteiger partial charge is 0.191 e. The number of ether oxygens (including phenoxy) is 1. The van der Waals surface area contributed by atoms with Crippen LogP contribution in [0.3, 0.4) is 0 Å². The van der Waals surface area contributed by atoms with Gasteiger partial charge in [0.15, 0.2) is 5.96 Å². The summed E-state index contributed by atoms with van der Waals surface area (Å²) >= 11 is 2.09. The highest BCUT2D eigenvalue weighted by Gasteiger charge is 2.33. The molecule has 0 radical (unpaired) electrons. The maximum absolute atomic E-state index is 5.32. The van der Waals surface area contributed by atoms with Crippen molar-refractivity contribution in [1.29, 1.82) is 0 Å². The fourth-order valence-electron chi connectivity index (χ4n) is 3.54. The van der Waals surface area contributed by atoms with Gasteiger partial charge < -0.3 is 15.4 Å². The van der Waals surface area contributed by atoms with E-state index in [1.165, 1.54) is 44.3 Å². The molecule has 4 nitrogen and oxygen atoms in total. The van der Waals surface area contributed by atoms with E-state index in [0.717, 1.165) is 43.9 Å². The summed E-state index contributed by atoms with van der Waals surface area (Å²) in [6.07, 6.45) is 9.16. The Kier molecular flexibility index (Phi) is 10.9. The van der Waals surface area contributed by atoms with Crippen molar-refractivity contribution in [2.24, 2.45) is 10.4 Å². The minimum absolute atomic E-state index is 0.